The summed E-state index contributed by atoms with van der Waals surface area (Å²) in [6, 6.07) is -0.251. The van der Waals surface area contributed by atoms with Crippen LogP contribution < -0.4 is 10.5 Å². The molecule has 0 saturated heterocycles. The average Bonchev–Trinajstić information content (AvgIpc) is 2.46. The van der Waals surface area contributed by atoms with Gasteiger partial charge >= 0.3 is 0 Å². The van der Waals surface area contributed by atoms with Gasteiger partial charge in [0.2, 0.25) is 11.6 Å². The number of rotatable bonds is 4. The van der Waals surface area contributed by atoms with E-state index in [2.05, 4.69) is 0 Å². The van der Waals surface area contributed by atoms with Gasteiger partial charge in [-0.2, -0.15) is 8.78 Å². The highest BCUT2D eigenvalue weighted by Crippen LogP contribution is 2.29. The normalized spacial score (nSPS) is 18.1. The fraction of sp³-hybridized carbons (Fsp3) is 0.571. The largest absolute Gasteiger partial charge is 0.486 e. The first-order valence-electron chi connectivity index (χ1n) is 6.72. The molecule has 2 N–H and O–H groups in total. The van der Waals surface area contributed by atoms with Gasteiger partial charge in [0.15, 0.2) is 17.4 Å². The van der Waals surface area contributed by atoms with Crippen LogP contribution in [0.15, 0.2) is 6.07 Å². The highest BCUT2D eigenvalue weighted by atomic mass is 19.2. The summed E-state index contributed by atoms with van der Waals surface area (Å²) in [4.78, 5) is 0. The van der Waals surface area contributed by atoms with Gasteiger partial charge in [0.25, 0.3) is 0 Å². The van der Waals surface area contributed by atoms with Gasteiger partial charge in [-0.3, -0.25) is 0 Å². The fourth-order valence-corrected chi connectivity index (χ4v) is 2.56. The third-order valence-corrected chi connectivity index (χ3v) is 3.75. The molecule has 6 heteroatoms. The van der Waals surface area contributed by atoms with E-state index in [0.29, 0.717) is 0 Å². The molecular weight excluding hydrogens is 274 g/mol. The maximum absolute atomic E-state index is 13.4. The van der Waals surface area contributed by atoms with E-state index < -0.39 is 35.1 Å². The molecule has 20 heavy (non-hydrogen) atoms. The zero-order chi connectivity index (χ0) is 14.7. The van der Waals surface area contributed by atoms with E-state index in [1.807, 2.05) is 0 Å². The Balaban J connectivity index is 2.03. The number of benzene rings is 1. The summed E-state index contributed by atoms with van der Waals surface area (Å²) in [5.41, 5.74) is 5.92. The van der Waals surface area contributed by atoms with Crippen LogP contribution in [-0.2, 0) is 0 Å². The molecule has 0 bridgehead atoms. The van der Waals surface area contributed by atoms with Gasteiger partial charge in [-0.1, -0.05) is 19.3 Å². The van der Waals surface area contributed by atoms with Crippen LogP contribution in [0, 0.1) is 29.2 Å². The summed E-state index contributed by atoms with van der Waals surface area (Å²) in [7, 11) is 0. The molecular formula is C14H17F4NO. The zero-order valence-electron chi connectivity index (χ0n) is 11.0. The lowest BCUT2D eigenvalue weighted by Crippen LogP contribution is -2.37. The molecule has 0 amide bonds. The van der Waals surface area contributed by atoms with E-state index >= 15 is 0 Å². The van der Waals surface area contributed by atoms with Crippen LogP contribution in [0.25, 0.3) is 0 Å². The quantitative estimate of drug-likeness (QED) is 0.680. The molecule has 1 saturated carbocycles. The van der Waals surface area contributed by atoms with Crippen LogP contribution in [0.5, 0.6) is 5.75 Å². The Bertz CT molecular complexity index is 448. The van der Waals surface area contributed by atoms with Crippen LogP contribution in [0.1, 0.15) is 32.1 Å². The molecule has 0 radical (unpaired) electrons. The molecule has 112 valence electrons. The van der Waals surface area contributed by atoms with Crippen LogP contribution in [0.3, 0.4) is 0 Å². The van der Waals surface area contributed by atoms with Crippen molar-refractivity contribution in [3.05, 3.63) is 29.3 Å². The van der Waals surface area contributed by atoms with Crippen LogP contribution >= 0.6 is 0 Å². The summed E-state index contributed by atoms with van der Waals surface area (Å²) in [6.07, 6.45) is 5.16. The van der Waals surface area contributed by atoms with Gasteiger partial charge in [-0.15, -0.1) is 0 Å². The van der Waals surface area contributed by atoms with Gasteiger partial charge < -0.3 is 10.5 Å². The van der Waals surface area contributed by atoms with Gasteiger partial charge in [-0.05, 0) is 18.8 Å². The van der Waals surface area contributed by atoms with E-state index in [9.17, 15) is 17.6 Å². The van der Waals surface area contributed by atoms with Crippen molar-refractivity contribution in [3.63, 3.8) is 0 Å². The Labute approximate surface area is 114 Å². The number of ether oxygens (including phenoxy) is 1. The summed E-state index contributed by atoms with van der Waals surface area (Å²) in [5, 5.41) is 0. The molecule has 1 aromatic rings. The van der Waals surface area contributed by atoms with Crippen molar-refractivity contribution in [3.8, 4) is 5.75 Å². The van der Waals surface area contributed by atoms with E-state index in [-0.39, 0.29) is 18.6 Å². The van der Waals surface area contributed by atoms with Crippen molar-refractivity contribution in [2.75, 3.05) is 6.61 Å². The molecule has 0 spiro atoms. The number of nitrogens with two attached hydrogens (primary N) is 1. The maximum atomic E-state index is 13.4. The number of halogens is 4. The third kappa shape index (κ3) is 3.23. The monoisotopic (exact) mass is 291 g/mol. The van der Waals surface area contributed by atoms with E-state index in [0.717, 1.165) is 32.1 Å². The molecule has 1 aliphatic rings. The molecule has 1 aromatic carbocycles. The van der Waals surface area contributed by atoms with E-state index in [1.54, 1.807) is 0 Å². The first-order chi connectivity index (χ1) is 9.50. The van der Waals surface area contributed by atoms with Crippen molar-refractivity contribution in [1.82, 2.24) is 0 Å². The van der Waals surface area contributed by atoms with E-state index in [1.165, 1.54) is 0 Å². The van der Waals surface area contributed by atoms with Gasteiger partial charge in [0, 0.05) is 12.1 Å². The maximum Gasteiger partial charge on any atom is 0.203 e. The van der Waals surface area contributed by atoms with Crippen LogP contribution in [0.2, 0.25) is 0 Å². The molecule has 1 fully saturated rings. The first-order valence-corrected chi connectivity index (χ1v) is 6.72. The van der Waals surface area contributed by atoms with Crippen LogP contribution in [0.4, 0.5) is 17.6 Å². The third-order valence-electron chi connectivity index (χ3n) is 3.75. The highest BCUT2D eigenvalue weighted by molar-refractivity contribution is 5.28. The standard InChI is InChI=1S/C14H17F4NO/c15-9-6-10(16)13(18)14(12(9)17)20-7-11(19)8-4-2-1-3-5-8/h6,8,11H,1-5,7,19H2. The SMILES string of the molecule is NC(COc1c(F)c(F)cc(F)c1F)C1CCCCC1. The minimum atomic E-state index is -1.53. The van der Waals surface area contributed by atoms with Gasteiger partial charge in [0.05, 0.1) is 0 Å². The summed E-state index contributed by atoms with van der Waals surface area (Å²) < 4.78 is 57.7. The topological polar surface area (TPSA) is 35.2 Å². The predicted molar refractivity (Wildman–Crippen MR) is 66.3 cm³/mol. The minimum absolute atomic E-state index is 0.151. The van der Waals surface area contributed by atoms with Gasteiger partial charge in [-0.25, -0.2) is 8.78 Å². The molecule has 2 rings (SSSR count). The Kier molecular flexibility index (Phi) is 4.86. The lowest BCUT2D eigenvalue weighted by atomic mass is 9.84. The molecule has 2 nitrogen and oxygen atoms in total. The molecule has 1 unspecified atom stereocenters. The molecule has 0 aromatic heterocycles. The van der Waals surface area contributed by atoms with Crippen molar-refractivity contribution < 1.29 is 22.3 Å². The highest BCUT2D eigenvalue weighted by Gasteiger charge is 2.24. The summed E-state index contributed by atoms with van der Waals surface area (Å²) in [5.74, 6) is -6.84. The van der Waals surface area contributed by atoms with Crippen molar-refractivity contribution in [2.45, 2.75) is 38.1 Å². The van der Waals surface area contributed by atoms with Crippen molar-refractivity contribution in [2.24, 2.45) is 11.7 Å². The second-order valence-electron chi connectivity index (χ2n) is 5.17. The Morgan fingerprint density at radius 2 is 1.60 bits per heavy atom. The molecule has 1 aliphatic carbocycles. The Morgan fingerprint density at radius 3 is 2.15 bits per heavy atom. The smallest absolute Gasteiger partial charge is 0.203 e. The molecule has 1 atom stereocenters. The second kappa shape index (κ2) is 6.43. The van der Waals surface area contributed by atoms with Crippen molar-refractivity contribution in [1.29, 1.82) is 0 Å². The number of hydrogen-bond acceptors (Lipinski definition) is 2. The van der Waals surface area contributed by atoms with Gasteiger partial charge in [0.1, 0.15) is 6.61 Å². The Hall–Kier alpha value is -1.30. The summed E-state index contributed by atoms with van der Waals surface area (Å²) >= 11 is 0. The lowest BCUT2D eigenvalue weighted by molar-refractivity contribution is 0.198. The fourth-order valence-electron chi connectivity index (χ4n) is 2.56. The lowest BCUT2D eigenvalue weighted by Gasteiger charge is -2.27. The minimum Gasteiger partial charge on any atom is -0.486 e. The summed E-state index contributed by atoms with van der Waals surface area (Å²) in [6.45, 7) is -0.165. The average molecular weight is 291 g/mol. The van der Waals surface area contributed by atoms with Crippen LogP contribution in [-0.4, -0.2) is 12.6 Å². The zero-order valence-corrected chi connectivity index (χ0v) is 11.0. The molecule has 0 aliphatic heterocycles. The van der Waals surface area contributed by atoms with E-state index in [4.69, 9.17) is 10.5 Å². The predicted octanol–water partition coefficient (Wildman–Crippen LogP) is 3.53. The second-order valence-corrected chi connectivity index (χ2v) is 5.17. The Morgan fingerprint density at radius 1 is 1.05 bits per heavy atom. The van der Waals surface area contributed by atoms with Crippen molar-refractivity contribution >= 4 is 0 Å². The molecule has 0 heterocycles. The number of hydrogen-bond donors (Lipinski definition) is 1. The first kappa shape index (κ1) is 15.1.